The number of amides is 1. The van der Waals surface area contributed by atoms with Crippen molar-refractivity contribution in [3.05, 3.63) is 28.6 Å². The number of carbonyl (C=O) groups excluding carboxylic acids is 1. The molecule has 0 bridgehead atoms. The molecule has 1 heterocycles. The van der Waals surface area contributed by atoms with E-state index in [-0.39, 0.29) is 17.5 Å². The summed E-state index contributed by atoms with van der Waals surface area (Å²) in [6.07, 6.45) is 12.5. The van der Waals surface area contributed by atoms with E-state index in [1.165, 1.54) is 56.3 Å². The van der Waals surface area contributed by atoms with Gasteiger partial charge in [0.2, 0.25) is 0 Å². The van der Waals surface area contributed by atoms with Crippen LogP contribution in [0.5, 0.6) is 0 Å². The maximum Gasteiger partial charge on any atom is 0.262 e. The molecule has 0 atom stereocenters. The first-order valence-electron chi connectivity index (χ1n) is 9.71. The Kier molecular flexibility index (Phi) is 5.63. The molecule has 4 heteroatoms. The van der Waals surface area contributed by atoms with Crippen molar-refractivity contribution in [3.63, 3.8) is 0 Å². The number of rotatable bonds is 4. The molecule has 0 aliphatic heterocycles. The van der Waals surface area contributed by atoms with E-state index < -0.39 is 0 Å². The fraction of sp³-hybridized carbons (Fsp3) is 0.619. The van der Waals surface area contributed by atoms with Crippen molar-refractivity contribution >= 4 is 12.0 Å². The summed E-state index contributed by atoms with van der Waals surface area (Å²) >= 11 is 0. The van der Waals surface area contributed by atoms with E-state index in [2.05, 4.69) is 35.9 Å². The molecule has 4 nitrogen and oxygen atoms in total. The van der Waals surface area contributed by atoms with Crippen molar-refractivity contribution in [2.24, 2.45) is 0 Å². The Morgan fingerprint density at radius 3 is 2.44 bits per heavy atom. The van der Waals surface area contributed by atoms with Gasteiger partial charge in [-0.2, -0.15) is 5.26 Å². The van der Waals surface area contributed by atoms with Gasteiger partial charge in [0.1, 0.15) is 11.6 Å². The molecule has 1 aromatic rings. The van der Waals surface area contributed by atoms with Gasteiger partial charge in [0.25, 0.3) is 5.91 Å². The molecule has 0 saturated heterocycles. The molecule has 3 rings (SSSR count). The summed E-state index contributed by atoms with van der Waals surface area (Å²) in [6.45, 7) is 4.22. The van der Waals surface area contributed by atoms with E-state index >= 15 is 0 Å². The average molecular weight is 339 g/mol. The van der Waals surface area contributed by atoms with Crippen LogP contribution in [0.15, 0.2) is 11.6 Å². The smallest absolute Gasteiger partial charge is 0.262 e. The molecule has 0 unspecified atom stereocenters. The van der Waals surface area contributed by atoms with Crippen molar-refractivity contribution in [1.29, 1.82) is 5.26 Å². The van der Waals surface area contributed by atoms with Crippen molar-refractivity contribution < 1.29 is 4.79 Å². The highest BCUT2D eigenvalue weighted by atomic mass is 16.1. The first-order valence-corrected chi connectivity index (χ1v) is 9.71. The average Bonchev–Trinajstić information content (AvgIpc) is 3.21. The van der Waals surface area contributed by atoms with Gasteiger partial charge in [0.05, 0.1) is 0 Å². The third kappa shape index (κ3) is 3.98. The van der Waals surface area contributed by atoms with Crippen LogP contribution in [0.2, 0.25) is 0 Å². The summed E-state index contributed by atoms with van der Waals surface area (Å²) in [6, 6.07) is 5.01. The van der Waals surface area contributed by atoms with Crippen molar-refractivity contribution in [2.75, 3.05) is 0 Å². The van der Waals surface area contributed by atoms with Crippen LogP contribution in [-0.4, -0.2) is 16.5 Å². The van der Waals surface area contributed by atoms with E-state index in [0.717, 1.165) is 18.4 Å². The number of nitrogens with one attached hydrogen (secondary N) is 1. The van der Waals surface area contributed by atoms with E-state index in [9.17, 15) is 10.1 Å². The van der Waals surface area contributed by atoms with Gasteiger partial charge in [-0.15, -0.1) is 0 Å². The zero-order valence-corrected chi connectivity index (χ0v) is 15.5. The second-order valence-electron chi connectivity index (χ2n) is 7.61. The van der Waals surface area contributed by atoms with E-state index in [0.29, 0.717) is 6.04 Å². The lowest BCUT2D eigenvalue weighted by atomic mass is 9.95. The lowest BCUT2D eigenvalue weighted by molar-refractivity contribution is -0.117. The Labute approximate surface area is 150 Å². The van der Waals surface area contributed by atoms with Crippen molar-refractivity contribution in [1.82, 2.24) is 9.88 Å². The summed E-state index contributed by atoms with van der Waals surface area (Å²) in [7, 11) is 0. The van der Waals surface area contributed by atoms with Gasteiger partial charge in [0, 0.05) is 23.5 Å². The molecule has 1 amide bonds. The molecular weight excluding hydrogens is 310 g/mol. The van der Waals surface area contributed by atoms with Crippen LogP contribution < -0.4 is 5.32 Å². The lowest BCUT2D eigenvalue weighted by Gasteiger charge is -2.22. The normalized spacial score (nSPS) is 19.8. The number of hydrogen-bond acceptors (Lipinski definition) is 2. The predicted octanol–water partition coefficient (Wildman–Crippen LogP) is 4.58. The molecule has 0 aromatic carbocycles. The Hall–Kier alpha value is -2.02. The van der Waals surface area contributed by atoms with E-state index in [1.54, 1.807) is 6.08 Å². The van der Waals surface area contributed by atoms with Gasteiger partial charge >= 0.3 is 0 Å². The number of aryl methyl sites for hydroxylation is 1. The number of nitrogens with zero attached hydrogens (tertiary/aromatic N) is 2. The molecule has 2 aliphatic carbocycles. The van der Waals surface area contributed by atoms with Crippen molar-refractivity contribution in [2.45, 2.75) is 83.7 Å². The topological polar surface area (TPSA) is 57.8 Å². The summed E-state index contributed by atoms with van der Waals surface area (Å²) in [5.74, 6) is -0.222. The summed E-state index contributed by atoms with van der Waals surface area (Å²) in [5.41, 5.74) is 3.61. The van der Waals surface area contributed by atoms with Crippen LogP contribution in [0.3, 0.4) is 0 Å². The molecule has 134 valence electrons. The third-order valence-corrected chi connectivity index (χ3v) is 5.82. The lowest BCUT2D eigenvalue weighted by Crippen LogP contribution is -2.36. The summed E-state index contributed by atoms with van der Waals surface area (Å²) in [5, 5.41) is 12.5. The Morgan fingerprint density at radius 2 is 1.80 bits per heavy atom. The molecule has 2 fully saturated rings. The number of carbonyl (C=O) groups is 1. The maximum atomic E-state index is 12.5. The largest absolute Gasteiger partial charge is 0.349 e. The molecule has 2 aliphatic rings. The minimum Gasteiger partial charge on any atom is -0.349 e. The van der Waals surface area contributed by atoms with Crippen LogP contribution >= 0.6 is 0 Å². The van der Waals surface area contributed by atoms with Crippen LogP contribution in [0.1, 0.15) is 80.8 Å². The molecule has 0 spiro atoms. The zero-order valence-electron chi connectivity index (χ0n) is 15.5. The molecule has 0 radical (unpaired) electrons. The van der Waals surface area contributed by atoms with Crippen LogP contribution in [0, 0.1) is 25.2 Å². The maximum absolute atomic E-state index is 12.5. The van der Waals surface area contributed by atoms with Crippen molar-refractivity contribution in [3.8, 4) is 6.07 Å². The number of aromatic nitrogens is 1. The van der Waals surface area contributed by atoms with Gasteiger partial charge < -0.3 is 9.88 Å². The highest BCUT2D eigenvalue weighted by Crippen LogP contribution is 2.33. The molecule has 1 N–H and O–H groups in total. The second-order valence-corrected chi connectivity index (χ2v) is 7.61. The molecule has 2 saturated carbocycles. The van der Waals surface area contributed by atoms with Crippen LogP contribution in [0.4, 0.5) is 0 Å². The van der Waals surface area contributed by atoms with Gasteiger partial charge in [0.15, 0.2) is 0 Å². The Morgan fingerprint density at radius 1 is 1.16 bits per heavy atom. The van der Waals surface area contributed by atoms with Gasteiger partial charge in [-0.1, -0.05) is 32.1 Å². The number of hydrogen-bond donors (Lipinski definition) is 1. The predicted molar refractivity (Wildman–Crippen MR) is 100 cm³/mol. The summed E-state index contributed by atoms with van der Waals surface area (Å²) < 4.78 is 2.40. The minimum absolute atomic E-state index is 0.220. The quantitative estimate of drug-likeness (QED) is 0.645. The molecule has 25 heavy (non-hydrogen) atoms. The highest BCUT2D eigenvalue weighted by Gasteiger charge is 2.22. The van der Waals surface area contributed by atoms with Crippen LogP contribution in [-0.2, 0) is 4.79 Å². The van der Waals surface area contributed by atoms with Crippen LogP contribution in [0.25, 0.3) is 6.08 Å². The second kappa shape index (κ2) is 7.91. The first kappa shape index (κ1) is 17.8. The number of nitriles is 1. The minimum atomic E-state index is -0.222. The van der Waals surface area contributed by atoms with Gasteiger partial charge in [-0.25, -0.2) is 0 Å². The fourth-order valence-electron chi connectivity index (χ4n) is 4.49. The van der Waals surface area contributed by atoms with Gasteiger partial charge in [-0.3, -0.25) is 4.79 Å². The SMILES string of the molecule is Cc1cc(/C=C(/C#N)C(=O)NC2CCCCC2)c(C)n1C1CCCC1. The zero-order chi connectivity index (χ0) is 17.8. The molecular formula is C21H29N3O. The Balaban J connectivity index is 1.78. The standard InChI is InChI=1S/C21H29N3O/c1-15-12-17(16(2)24(15)20-10-6-7-11-20)13-18(14-22)21(25)23-19-8-4-3-5-9-19/h12-13,19-20H,3-11H2,1-2H3,(H,23,25)/b18-13-. The van der Waals surface area contributed by atoms with Gasteiger partial charge in [-0.05, 0) is 57.2 Å². The van der Waals surface area contributed by atoms with E-state index in [1.807, 2.05) is 0 Å². The molecule has 1 aromatic heterocycles. The first-order chi connectivity index (χ1) is 12.1. The Bertz CT molecular complexity index is 695. The third-order valence-electron chi connectivity index (χ3n) is 5.82. The highest BCUT2D eigenvalue weighted by molar-refractivity contribution is 6.02. The fourth-order valence-corrected chi connectivity index (χ4v) is 4.49. The summed E-state index contributed by atoms with van der Waals surface area (Å²) in [4.78, 5) is 12.5. The van der Waals surface area contributed by atoms with E-state index in [4.69, 9.17) is 0 Å². The monoisotopic (exact) mass is 339 g/mol.